The third-order valence-corrected chi connectivity index (χ3v) is 2.94. The first-order valence-corrected chi connectivity index (χ1v) is 6.19. The second-order valence-electron chi connectivity index (χ2n) is 3.47. The maximum Gasteiger partial charge on any atom is 0.162 e. The Morgan fingerprint density at radius 2 is 1.56 bits per heavy atom. The van der Waals surface area contributed by atoms with E-state index in [2.05, 4.69) is 22.6 Å². The maximum atomic E-state index is 9.03. The first kappa shape index (κ1) is 12.4. The lowest BCUT2D eigenvalue weighted by Gasteiger charge is -2.09. The minimum atomic E-state index is 0.310. The third-order valence-electron chi connectivity index (χ3n) is 2.27. The van der Waals surface area contributed by atoms with Gasteiger partial charge in [-0.3, -0.25) is 0 Å². The van der Waals surface area contributed by atoms with Crippen LogP contribution in [0.15, 0.2) is 42.5 Å². The second kappa shape index (κ2) is 5.52. The van der Waals surface area contributed by atoms with Crippen molar-refractivity contribution in [2.45, 2.75) is 0 Å². The Hall–Kier alpha value is -2.05. The van der Waals surface area contributed by atoms with Crippen molar-refractivity contribution in [3.63, 3.8) is 0 Å². The Bertz CT molecular complexity index is 636. The van der Waals surface area contributed by atoms with E-state index in [0.29, 0.717) is 22.6 Å². The van der Waals surface area contributed by atoms with E-state index >= 15 is 0 Å². The van der Waals surface area contributed by atoms with E-state index in [-0.39, 0.29) is 0 Å². The van der Waals surface area contributed by atoms with Crippen LogP contribution in [0.4, 0.5) is 0 Å². The molecule has 2 aromatic rings. The largest absolute Gasteiger partial charge is 0.455 e. The molecule has 18 heavy (non-hydrogen) atoms. The monoisotopic (exact) mass is 346 g/mol. The predicted octanol–water partition coefficient (Wildman–Crippen LogP) is 3.83. The molecule has 0 aliphatic heterocycles. The Balaban J connectivity index is 2.46. The molecule has 0 aliphatic carbocycles. The summed E-state index contributed by atoms with van der Waals surface area (Å²) in [5.41, 5.74) is 0.709. The van der Waals surface area contributed by atoms with Crippen LogP contribution in [-0.4, -0.2) is 0 Å². The van der Waals surface area contributed by atoms with Gasteiger partial charge in [-0.15, -0.1) is 0 Å². The number of hydrogen-bond acceptors (Lipinski definition) is 3. The Kier molecular flexibility index (Phi) is 3.81. The molecule has 2 rings (SSSR count). The van der Waals surface area contributed by atoms with Crippen LogP contribution >= 0.6 is 22.6 Å². The van der Waals surface area contributed by atoms with Crippen LogP contribution in [0.3, 0.4) is 0 Å². The van der Waals surface area contributed by atoms with E-state index in [4.69, 9.17) is 15.3 Å². The summed E-state index contributed by atoms with van der Waals surface area (Å²) in [5, 5.41) is 18.1. The van der Waals surface area contributed by atoms with E-state index in [1.54, 1.807) is 24.3 Å². The van der Waals surface area contributed by atoms with Gasteiger partial charge in [0, 0.05) is 3.57 Å². The van der Waals surface area contributed by atoms with Crippen molar-refractivity contribution < 1.29 is 4.74 Å². The van der Waals surface area contributed by atoms with Gasteiger partial charge in [-0.1, -0.05) is 12.1 Å². The van der Waals surface area contributed by atoms with Crippen molar-refractivity contribution in [1.29, 1.82) is 10.5 Å². The van der Waals surface area contributed by atoms with E-state index in [9.17, 15) is 0 Å². The molecule has 0 radical (unpaired) electrons. The van der Waals surface area contributed by atoms with Gasteiger partial charge < -0.3 is 4.74 Å². The molecule has 0 spiro atoms. The van der Waals surface area contributed by atoms with Gasteiger partial charge in [0.25, 0.3) is 0 Å². The summed E-state index contributed by atoms with van der Waals surface area (Å²) in [5.74, 6) is 0.922. The molecule has 2 aromatic carbocycles. The number of rotatable bonds is 2. The average Bonchev–Trinajstić information content (AvgIpc) is 2.39. The molecule has 0 fully saturated rings. The summed E-state index contributed by atoms with van der Waals surface area (Å²) in [7, 11) is 0. The molecule has 86 valence electrons. The molecule has 0 atom stereocenters. The summed E-state index contributed by atoms with van der Waals surface area (Å²) in [6.45, 7) is 0. The van der Waals surface area contributed by atoms with Crippen molar-refractivity contribution in [1.82, 2.24) is 0 Å². The summed E-state index contributed by atoms with van der Waals surface area (Å²) in [6, 6.07) is 16.4. The third kappa shape index (κ3) is 2.61. The topological polar surface area (TPSA) is 56.8 Å². The molecule has 0 amide bonds. The lowest BCUT2D eigenvalue weighted by molar-refractivity contribution is 0.479. The van der Waals surface area contributed by atoms with Crippen molar-refractivity contribution in [2.75, 3.05) is 0 Å². The molecule has 4 heteroatoms. The van der Waals surface area contributed by atoms with Gasteiger partial charge in [-0.25, -0.2) is 0 Å². The fourth-order valence-corrected chi connectivity index (χ4v) is 1.99. The highest BCUT2D eigenvalue weighted by Gasteiger charge is 2.10. The minimum absolute atomic E-state index is 0.310. The van der Waals surface area contributed by atoms with Crippen LogP contribution in [-0.2, 0) is 0 Å². The molecule has 0 unspecified atom stereocenters. The summed E-state index contributed by atoms with van der Waals surface area (Å²) >= 11 is 2.17. The number of hydrogen-bond donors (Lipinski definition) is 0. The highest BCUT2D eigenvalue weighted by Crippen LogP contribution is 2.29. The molecule has 0 saturated carbocycles. The molecule has 0 aromatic heterocycles. The van der Waals surface area contributed by atoms with Gasteiger partial charge in [-0.05, 0) is 52.9 Å². The molecular formula is C14H7IN2O. The van der Waals surface area contributed by atoms with Gasteiger partial charge in [-0.2, -0.15) is 10.5 Å². The molecule has 0 saturated heterocycles. The highest BCUT2D eigenvalue weighted by atomic mass is 127. The van der Waals surface area contributed by atoms with E-state index in [1.807, 2.05) is 30.3 Å². The van der Waals surface area contributed by atoms with Gasteiger partial charge in [0.1, 0.15) is 17.9 Å². The number of nitriles is 2. The van der Waals surface area contributed by atoms with Gasteiger partial charge >= 0.3 is 0 Å². The Labute approximate surface area is 118 Å². The molecular weight excluding hydrogens is 339 g/mol. The van der Waals surface area contributed by atoms with Crippen molar-refractivity contribution in [3.05, 3.63) is 57.2 Å². The maximum absolute atomic E-state index is 9.03. The Morgan fingerprint density at radius 3 is 2.11 bits per heavy atom. The smallest absolute Gasteiger partial charge is 0.162 e. The van der Waals surface area contributed by atoms with E-state index in [0.717, 1.165) is 3.57 Å². The fourth-order valence-electron chi connectivity index (χ4n) is 1.47. The number of benzene rings is 2. The van der Waals surface area contributed by atoms with Crippen LogP contribution in [0, 0.1) is 26.2 Å². The van der Waals surface area contributed by atoms with Crippen LogP contribution < -0.4 is 4.74 Å². The second-order valence-corrected chi connectivity index (χ2v) is 4.71. The molecule has 0 N–H and O–H groups in total. The summed E-state index contributed by atoms with van der Waals surface area (Å²) in [4.78, 5) is 0. The van der Waals surface area contributed by atoms with Gasteiger partial charge in [0.05, 0.1) is 11.1 Å². The van der Waals surface area contributed by atoms with Crippen LogP contribution in [0.25, 0.3) is 0 Å². The lowest BCUT2D eigenvalue weighted by Crippen LogP contribution is -1.92. The van der Waals surface area contributed by atoms with Crippen molar-refractivity contribution in [2.24, 2.45) is 0 Å². The van der Waals surface area contributed by atoms with E-state index < -0.39 is 0 Å². The van der Waals surface area contributed by atoms with Crippen LogP contribution in [0.5, 0.6) is 11.5 Å². The zero-order chi connectivity index (χ0) is 13.0. The number of nitrogens with zero attached hydrogens (tertiary/aromatic N) is 2. The van der Waals surface area contributed by atoms with Gasteiger partial charge in [0.2, 0.25) is 0 Å². The first-order valence-electron chi connectivity index (χ1n) is 5.11. The highest BCUT2D eigenvalue weighted by molar-refractivity contribution is 14.1. The van der Waals surface area contributed by atoms with E-state index in [1.165, 1.54) is 0 Å². The zero-order valence-electron chi connectivity index (χ0n) is 9.22. The molecule has 0 aliphatic rings. The fraction of sp³-hybridized carbons (Fsp3) is 0. The SMILES string of the molecule is N#Cc1cccc(C#N)c1Oc1cccc(I)c1. The molecule has 0 bridgehead atoms. The van der Waals surface area contributed by atoms with Crippen LogP contribution in [0.2, 0.25) is 0 Å². The normalized spacial score (nSPS) is 9.28. The average molecular weight is 346 g/mol. The first-order chi connectivity index (χ1) is 8.74. The minimum Gasteiger partial charge on any atom is -0.455 e. The van der Waals surface area contributed by atoms with Crippen molar-refractivity contribution in [3.8, 4) is 23.6 Å². The summed E-state index contributed by atoms with van der Waals surface area (Å²) in [6.07, 6.45) is 0. The quantitative estimate of drug-likeness (QED) is 0.777. The molecule has 0 heterocycles. The predicted molar refractivity (Wildman–Crippen MR) is 75.1 cm³/mol. The summed E-state index contributed by atoms with van der Waals surface area (Å²) < 4.78 is 6.68. The standard InChI is InChI=1S/C14H7IN2O/c15-12-5-2-6-13(7-12)18-14-10(8-16)3-1-4-11(14)9-17/h1-7H. The number of para-hydroxylation sites is 1. The Morgan fingerprint density at radius 1 is 0.944 bits per heavy atom. The van der Waals surface area contributed by atoms with Gasteiger partial charge in [0.15, 0.2) is 5.75 Å². The number of halogens is 1. The zero-order valence-corrected chi connectivity index (χ0v) is 11.4. The van der Waals surface area contributed by atoms with Crippen molar-refractivity contribution >= 4 is 22.6 Å². The number of ether oxygens (including phenoxy) is 1. The lowest BCUT2D eigenvalue weighted by atomic mass is 10.1. The molecule has 3 nitrogen and oxygen atoms in total. The van der Waals surface area contributed by atoms with Crippen LogP contribution in [0.1, 0.15) is 11.1 Å².